The highest BCUT2D eigenvalue weighted by Gasteiger charge is 2.15. The molecule has 0 saturated carbocycles. The van der Waals surface area contributed by atoms with Gasteiger partial charge >= 0.3 is 0 Å². The van der Waals surface area contributed by atoms with Crippen molar-refractivity contribution in [3.8, 4) is 5.75 Å². The third-order valence-electron chi connectivity index (χ3n) is 2.00. The van der Waals surface area contributed by atoms with Gasteiger partial charge in [0.15, 0.2) is 11.9 Å². The number of nitro benzene ring substituents is 1. The molecule has 86 valence electrons. The van der Waals surface area contributed by atoms with Crippen LogP contribution in [0.4, 0.5) is 5.69 Å². The molecule has 0 fully saturated rings. The Balaban J connectivity index is 2.98. The fourth-order valence-electron chi connectivity index (χ4n) is 0.969. The number of benzene rings is 1. The molecule has 0 saturated heterocycles. The third-order valence-corrected chi connectivity index (χ3v) is 2.31. The molecule has 1 rings (SSSR count). The quantitative estimate of drug-likeness (QED) is 0.602. The van der Waals surface area contributed by atoms with Gasteiger partial charge in [-0.15, -0.1) is 0 Å². The second kappa shape index (κ2) is 4.94. The van der Waals surface area contributed by atoms with Crippen molar-refractivity contribution in [3.05, 3.63) is 33.3 Å². The van der Waals surface area contributed by atoms with E-state index in [2.05, 4.69) is 0 Å². The van der Waals surface area contributed by atoms with Crippen molar-refractivity contribution in [3.63, 3.8) is 0 Å². The zero-order valence-electron chi connectivity index (χ0n) is 8.77. The molecular formula is C10H10ClNO4. The zero-order valence-corrected chi connectivity index (χ0v) is 9.52. The number of hydrogen-bond donors (Lipinski definition) is 0. The van der Waals surface area contributed by atoms with Crippen molar-refractivity contribution in [1.29, 1.82) is 0 Å². The molecule has 6 heteroatoms. The Morgan fingerprint density at radius 2 is 2.19 bits per heavy atom. The van der Waals surface area contributed by atoms with Gasteiger partial charge in [0.1, 0.15) is 5.75 Å². The molecule has 0 heterocycles. The number of Topliss-reactive ketones (excluding diaryl/α,β-unsaturated/α-hetero) is 1. The van der Waals surface area contributed by atoms with E-state index < -0.39 is 11.0 Å². The summed E-state index contributed by atoms with van der Waals surface area (Å²) in [6.07, 6.45) is -0.681. The maximum atomic E-state index is 11.0. The lowest BCUT2D eigenvalue weighted by Gasteiger charge is -2.12. The molecule has 0 aliphatic rings. The third kappa shape index (κ3) is 2.93. The lowest BCUT2D eigenvalue weighted by molar-refractivity contribution is -0.384. The molecular weight excluding hydrogens is 234 g/mol. The summed E-state index contributed by atoms with van der Waals surface area (Å²) in [5, 5.41) is 10.8. The molecule has 0 N–H and O–H groups in total. The minimum Gasteiger partial charge on any atom is -0.481 e. The number of ketones is 1. The molecule has 0 aromatic heterocycles. The molecule has 1 aromatic carbocycles. The van der Waals surface area contributed by atoms with Crippen LogP contribution in [0.15, 0.2) is 18.2 Å². The summed E-state index contributed by atoms with van der Waals surface area (Å²) < 4.78 is 5.21. The van der Waals surface area contributed by atoms with Crippen molar-refractivity contribution in [2.45, 2.75) is 20.0 Å². The molecule has 0 bridgehead atoms. The number of rotatable bonds is 4. The van der Waals surface area contributed by atoms with Crippen LogP contribution in [0.2, 0.25) is 5.02 Å². The Hall–Kier alpha value is -1.62. The number of non-ortho nitro benzene ring substituents is 1. The van der Waals surface area contributed by atoms with Crippen molar-refractivity contribution >= 4 is 23.1 Å². The fraction of sp³-hybridized carbons (Fsp3) is 0.300. The zero-order chi connectivity index (χ0) is 12.3. The van der Waals surface area contributed by atoms with Crippen LogP contribution in [0, 0.1) is 10.1 Å². The first-order valence-corrected chi connectivity index (χ1v) is 4.90. The Morgan fingerprint density at radius 1 is 1.56 bits per heavy atom. The Morgan fingerprint density at radius 3 is 2.69 bits per heavy atom. The number of ether oxygens (including phenoxy) is 1. The van der Waals surface area contributed by atoms with Crippen LogP contribution in [-0.2, 0) is 4.79 Å². The maximum Gasteiger partial charge on any atom is 0.273 e. The first-order chi connectivity index (χ1) is 7.41. The van der Waals surface area contributed by atoms with Crippen molar-refractivity contribution in [2.75, 3.05) is 0 Å². The highest BCUT2D eigenvalue weighted by Crippen LogP contribution is 2.29. The second-order valence-electron chi connectivity index (χ2n) is 3.24. The Kier molecular flexibility index (Phi) is 3.84. The summed E-state index contributed by atoms with van der Waals surface area (Å²) in [5.74, 6) is -0.0406. The van der Waals surface area contributed by atoms with Crippen LogP contribution >= 0.6 is 11.6 Å². The van der Waals surface area contributed by atoms with Gasteiger partial charge in [0, 0.05) is 6.07 Å². The summed E-state index contributed by atoms with van der Waals surface area (Å²) in [6.45, 7) is 2.92. The standard InChI is InChI=1S/C10H10ClNO4/c1-6(13)7(2)16-10-5-8(12(14)15)3-4-9(10)11/h3-5,7H,1-2H3. The molecule has 1 aromatic rings. The highest BCUT2D eigenvalue weighted by molar-refractivity contribution is 6.32. The van der Waals surface area contributed by atoms with Crippen LogP contribution in [0.5, 0.6) is 5.75 Å². The van der Waals surface area contributed by atoms with Crippen LogP contribution < -0.4 is 4.74 Å². The molecule has 1 atom stereocenters. The van der Waals surface area contributed by atoms with Crippen molar-refractivity contribution in [2.24, 2.45) is 0 Å². The van der Waals surface area contributed by atoms with Gasteiger partial charge in [-0.1, -0.05) is 11.6 Å². The van der Waals surface area contributed by atoms with Gasteiger partial charge in [-0.3, -0.25) is 14.9 Å². The molecule has 0 aliphatic heterocycles. The van der Waals surface area contributed by atoms with E-state index in [1.54, 1.807) is 6.92 Å². The summed E-state index contributed by atoms with van der Waals surface area (Å²) in [4.78, 5) is 20.9. The first-order valence-electron chi connectivity index (χ1n) is 4.53. The largest absolute Gasteiger partial charge is 0.481 e. The molecule has 1 unspecified atom stereocenters. The Labute approximate surface area is 97.1 Å². The molecule has 0 radical (unpaired) electrons. The number of hydrogen-bond acceptors (Lipinski definition) is 4. The smallest absolute Gasteiger partial charge is 0.273 e. The summed E-state index contributed by atoms with van der Waals surface area (Å²) >= 11 is 5.79. The van der Waals surface area contributed by atoms with E-state index in [1.807, 2.05) is 0 Å². The normalized spacial score (nSPS) is 11.9. The predicted octanol–water partition coefficient (Wildman–Crippen LogP) is 2.60. The molecule has 0 amide bonds. The van der Waals surface area contributed by atoms with Gasteiger partial charge in [0.2, 0.25) is 0 Å². The van der Waals surface area contributed by atoms with Gasteiger partial charge in [-0.2, -0.15) is 0 Å². The van der Waals surface area contributed by atoms with E-state index in [0.717, 1.165) is 0 Å². The SMILES string of the molecule is CC(=O)C(C)Oc1cc([N+](=O)[O-])ccc1Cl. The lowest BCUT2D eigenvalue weighted by Crippen LogP contribution is -2.20. The average Bonchev–Trinajstić information content (AvgIpc) is 2.20. The number of nitrogens with zero attached hydrogens (tertiary/aromatic N) is 1. The maximum absolute atomic E-state index is 11.0. The second-order valence-corrected chi connectivity index (χ2v) is 3.65. The van der Waals surface area contributed by atoms with Gasteiger partial charge in [0.05, 0.1) is 16.0 Å². The van der Waals surface area contributed by atoms with E-state index in [9.17, 15) is 14.9 Å². The van der Waals surface area contributed by atoms with Crippen LogP contribution in [0.25, 0.3) is 0 Å². The molecule has 16 heavy (non-hydrogen) atoms. The van der Waals surface area contributed by atoms with Crippen molar-refractivity contribution < 1.29 is 14.5 Å². The summed E-state index contributed by atoms with van der Waals surface area (Å²) in [7, 11) is 0. The number of carbonyl (C=O) groups excluding carboxylic acids is 1. The van der Waals surface area contributed by atoms with Gasteiger partial charge in [-0.25, -0.2) is 0 Å². The fourth-order valence-corrected chi connectivity index (χ4v) is 1.13. The van der Waals surface area contributed by atoms with Crippen LogP contribution in [0.3, 0.4) is 0 Å². The van der Waals surface area contributed by atoms with Gasteiger partial charge in [-0.05, 0) is 19.9 Å². The van der Waals surface area contributed by atoms with E-state index in [4.69, 9.17) is 16.3 Å². The van der Waals surface area contributed by atoms with E-state index in [0.29, 0.717) is 0 Å². The highest BCUT2D eigenvalue weighted by atomic mass is 35.5. The van der Waals surface area contributed by atoms with Gasteiger partial charge < -0.3 is 4.74 Å². The first kappa shape index (κ1) is 12.4. The number of carbonyl (C=O) groups is 1. The summed E-state index contributed by atoms with van der Waals surface area (Å²) in [6, 6.07) is 3.83. The Bertz CT molecular complexity index is 433. The molecule has 5 nitrogen and oxygen atoms in total. The minimum absolute atomic E-state index is 0.129. The van der Waals surface area contributed by atoms with Crippen LogP contribution in [-0.4, -0.2) is 16.8 Å². The predicted molar refractivity (Wildman–Crippen MR) is 58.9 cm³/mol. The topological polar surface area (TPSA) is 69.4 Å². The van der Waals surface area contributed by atoms with E-state index in [1.165, 1.54) is 25.1 Å². The van der Waals surface area contributed by atoms with Crippen LogP contribution in [0.1, 0.15) is 13.8 Å². The number of halogens is 1. The summed E-state index contributed by atoms with van der Waals surface area (Å²) in [5.41, 5.74) is -0.129. The van der Waals surface area contributed by atoms with E-state index in [-0.39, 0.29) is 22.2 Å². The average molecular weight is 244 g/mol. The monoisotopic (exact) mass is 243 g/mol. The van der Waals surface area contributed by atoms with Gasteiger partial charge in [0.25, 0.3) is 5.69 Å². The lowest BCUT2D eigenvalue weighted by atomic mass is 10.2. The van der Waals surface area contributed by atoms with E-state index >= 15 is 0 Å². The van der Waals surface area contributed by atoms with Crippen molar-refractivity contribution in [1.82, 2.24) is 0 Å². The number of nitro groups is 1. The minimum atomic E-state index is -0.681. The molecule has 0 spiro atoms. The molecule has 0 aliphatic carbocycles.